The number of hydrogen-bond acceptors (Lipinski definition) is 5. The van der Waals surface area contributed by atoms with Gasteiger partial charge in [-0.3, -0.25) is 0 Å². The summed E-state index contributed by atoms with van der Waals surface area (Å²) in [6.07, 6.45) is -2.78. The molecule has 5 nitrogen and oxygen atoms in total. The molecule has 0 bridgehead atoms. The van der Waals surface area contributed by atoms with E-state index in [-0.39, 0.29) is 11.4 Å². The van der Waals surface area contributed by atoms with Crippen LogP contribution in [-0.2, 0) is 10.9 Å². The third-order valence-electron chi connectivity index (χ3n) is 4.00. The van der Waals surface area contributed by atoms with Gasteiger partial charge < -0.3 is 14.5 Å². The number of anilines is 1. The number of rotatable bonds is 5. The lowest BCUT2D eigenvalue weighted by Gasteiger charge is -2.24. The molecule has 132 valence electrons. The van der Waals surface area contributed by atoms with Crippen molar-refractivity contribution in [1.29, 1.82) is 5.26 Å². The molecule has 24 heavy (non-hydrogen) atoms. The van der Waals surface area contributed by atoms with Crippen molar-refractivity contribution in [3.63, 3.8) is 0 Å². The van der Waals surface area contributed by atoms with Crippen LogP contribution >= 0.6 is 0 Å². The lowest BCUT2D eigenvalue weighted by molar-refractivity contribution is -0.141. The molecule has 1 aliphatic rings. The summed E-state index contributed by atoms with van der Waals surface area (Å²) in [5.41, 5.74) is -0.784. The van der Waals surface area contributed by atoms with Crippen molar-refractivity contribution >= 4 is 5.82 Å². The predicted octanol–water partition coefficient (Wildman–Crippen LogP) is 2.52. The van der Waals surface area contributed by atoms with Gasteiger partial charge in [0.15, 0.2) is 0 Å². The maximum Gasteiger partial charge on any atom is 0.433 e. The van der Waals surface area contributed by atoms with E-state index in [1.807, 2.05) is 6.07 Å². The van der Waals surface area contributed by atoms with Gasteiger partial charge in [-0.25, -0.2) is 4.98 Å². The zero-order chi connectivity index (χ0) is 17.6. The fraction of sp³-hybridized carbons (Fsp3) is 0.625. The number of ether oxygens (including phenoxy) is 1. The number of aromatic nitrogens is 1. The first kappa shape index (κ1) is 18.5. The first-order chi connectivity index (χ1) is 11.5. The zero-order valence-corrected chi connectivity index (χ0v) is 13.6. The quantitative estimate of drug-likeness (QED) is 0.770. The maximum atomic E-state index is 12.9. The molecule has 1 aromatic rings. The molecule has 0 unspecified atom stereocenters. The average Bonchev–Trinajstić information content (AvgIpc) is 2.79. The number of hydrogen-bond donors (Lipinski definition) is 0. The van der Waals surface area contributed by atoms with E-state index in [1.165, 1.54) is 6.07 Å². The summed E-state index contributed by atoms with van der Waals surface area (Å²) in [5.74, 6) is 0.131. The van der Waals surface area contributed by atoms with Crippen LogP contribution in [0.4, 0.5) is 19.0 Å². The van der Waals surface area contributed by atoms with Gasteiger partial charge in [-0.05, 0) is 31.5 Å². The Morgan fingerprint density at radius 1 is 1.25 bits per heavy atom. The van der Waals surface area contributed by atoms with Crippen molar-refractivity contribution in [2.24, 2.45) is 0 Å². The molecular formula is C16H21F3N4O. The molecule has 2 heterocycles. The van der Waals surface area contributed by atoms with Gasteiger partial charge in [0.2, 0.25) is 0 Å². The highest BCUT2D eigenvalue weighted by Gasteiger charge is 2.33. The van der Waals surface area contributed by atoms with Gasteiger partial charge in [-0.1, -0.05) is 0 Å². The molecule has 0 N–H and O–H groups in total. The van der Waals surface area contributed by atoms with E-state index in [1.54, 1.807) is 12.0 Å². The van der Waals surface area contributed by atoms with Gasteiger partial charge in [-0.15, -0.1) is 0 Å². The van der Waals surface area contributed by atoms with Crippen LogP contribution in [0.2, 0.25) is 0 Å². The topological polar surface area (TPSA) is 52.4 Å². The Morgan fingerprint density at radius 3 is 2.71 bits per heavy atom. The molecule has 0 atom stereocenters. The predicted molar refractivity (Wildman–Crippen MR) is 83.7 cm³/mol. The minimum absolute atomic E-state index is 0.131. The van der Waals surface area contributed by atoms with Crippen LogP contribution in [0, 0.1) is 11.3 Å². The van der Waals surface area contributed by atoms with Gasteiger partial charge in [0.1, 0.15) is 17.6 Å². The Labute approximate surface area is 139 Å². The van der Waals surface area contributed by atoms with Crippen molar-refractivity contribution in [2.75, 3.05) is 51.3 Å². The standard InChI is InChI=1S/C16H21F3N4O/c1-24-11-3-7-22-6-2-8-23(10-9-22)15-13(12-20)4-5-14(21-15)16(17,18)19/h4-5H,2-3,6-11H2,1H3. The highest BCUT2D eigenvalue weighted by molar-refractivity contribution is 5.54. The third-order valence-corrected chi connectivity index (χ3v) is 4.00. The Kier molecular flexibility index (Phi) is 6.40. The Bertz CT molecular complexity index is 586. The molecule has 0 aromatic carbocycles. The second-order valence-electron chi connectivity index (χ2n) is 5.71. The van der Waals surface area contributed by atoms with Crippen LogP contribution < -0.4 is 4.90 Å². The Hall–Kier alpha value is -1.85. The number of nitriles is 1. The fourth-order valence-corrected chi connectivity index (χ4v) is 2.77. The Morgan fingerprint density at radius 2 is 2.04 bits per heavy atom. The van der Waals surface area contributed by atoms with Crippen LogP contribution in [-0.4, -0.2) is 56.3 Å². The van der Waals surface area contributed by atoms with Crippen molar-refractivity contribution < 1.29 is 17.9 Å². The second-order valence-corrected chi connectivity index (χ2v) is 5.71. The van der Waals surface area contributed by atoms with E-state index >= 15 is 0 Å². The molecule has 1 fully saturated rings. The smallest absolute Gasteiger partial charge is 0.385 e. The van der Waals surface area contributed by atoms with Crippen molar-refractivity contribution in [1.82, 2.24) is 9.88 Å². The molecule has 8 heteroatoms. The molecule has 1 aromatic heterocycles. The maximum absolute atomic E-state index is 12.9. The van der Waals surface area contributed by atoms with Crippen LogP contribution in [0.5, 0.6) is 0 Å². The highest BCUT2D eigenvalue weighted by atomic mass is 19.4. The van der Waals surface area contributed by atoms with Gasteiger partial charge in [0, 0.05) is 39.9 Å². The first-order valence-corrected chi connectivity index (χ1v) is 7.90. The summed E-state index contributed by atoms with van der Waals surface area (Å²) >= 11 is 0. The summed E-state index contributed by atoms with van der Waals surface area (Å²) in [6, 6.07) is 4.00. The fourth-order valence-electron chi connectivity index (χ4n) is 2.77. The van der Waals surface area contributed by atoms with Crippen LogP contribution in [0.15, 0.2) is 12.1 Å². The van der Waals surface area contributed by atoms with Crippen LogP contribution in [0.3, 0.4) is 0 Å². The summed E-state index contributed by atoms with van der Waals surface area (Å²) < 4.78 is 43.7. The second kappa shape index (κ2) is 8.31. The van der Waals surface area contributed by atoms with Crippen LogP contribution in [0.25, 0.3) is 0 Å². The van der Waals surface area contributed by atoms with E-state index in [2.05, 4.69) is 9.88 Å². The minimum Gasteiger partial charge on any atom is -0.385 e. The molecule has 0 amide bonds. The lowest BCUT2D eigenvalue weighted by atomic mass is 10.2. The van der Waals surface area contributed by atoms with Crippen LogP contribution in [0.1, 0.15) is 24.1 Å². The third kappa shape index (κ3) is 4.82. The van der Waals surface area contributed by atoms with E-state index in [4.69, 9.17) is 4.74 Å². The SMILES string of the molecule is COCCCN1CCCN(c2nc(C(F)(F)F)ccc2C#N)CC1. The first-order valence-electron chi connectivity index (χ1n) is 7.90. The molecule has 0 radical (unpaired) electrons. The summed E-state index contributed by atoms with van der Waals surface area (Å²) in [7, 11) is 1.66. The van der Waals surface area contributed by atoms with E-state index in [9.17, 15) is 18.4 Å². The van der Waals surface area contributed by atoms with E-state index in [0.29, 0.717) is 19.7 Å². The number of halogens is 3. The number of alkyl halides is 3. The average molecular weight is 342 g/mol. The lowest BCUT2D eigenvalue weighted by Crippen LogP contribution is -2.32. The molecule has 0 aliphatic carbocycles. The number of nitrogens with zero attached hydrogens (tertiary/aromatic N) is 4. The van der Waals surface area contributed by atoms with Gasteiger partial charge >= 0.3 is 6.18 Å². The van der Waals surface area contributed by atoms with Crippen molar-refractivity contribution in [3.8, 4) is 6.07 Å². The van der Waals surface area contributed by atoms with E-state index in [0.717, 1.165) is 38.5 Å². The van der Waals surface area contributed by atoms with Crippen molar-refractivity contribution in [2.45, 2.75) is 19.0 Å². The zero-order valence-electron chi connectivity index (χ0n) is 13.6. The summed E-state index contributed by atoms with van der Waals surface area (Å²) in [5, 5.41) is 9.19. The van der Waals surface area contributed by atoms with Gasteiger partial charge in [-0.2, -0.15) is 18.4 Å². The largest absolute Gasteiger partial charge is 0.433 e. The number of methoxy groups -OCH3 is 1. The van der Waals surface area contributed by atoms with Gasteiger partial charge in [0.05, 0.1) is 5.56 Å². The molecule has 0 spiro atoms. The minimum atomic E-state index is -4.51. The molecule has 1 aliphatic heterocycles. The summed E-state index contributed by atoms with van der Waals surface area (Å²) in [4.78, 5) is 7.76. The number of pyridine rings is 1. The molecule has 2 rings (SSSR count). The summed E-state index contributed by atoms with van der Waals surface area (Å²) in [6.45, 7) is 4.32. The molecule has 1 saturated heterocycles. The van der Waals surface area contributed by atoms with E-state index < -0.39 is 11.9 Å². The van der Waals surface area contributed by atoms with Gasteiger partial charge in [0.25, 0.3) is 0 Å². The molecule has 0 saturated carbocycles. The normalized spacial score (nSPS) is 16.7. The molecular weight excluding hydrogens is 321 g/mol. The monoisotopic (exact) mass is 342 g/mol. The Balaban J connectivity index is 2.12. The highest BCUT2D eigenvalue weighted by Crippen LogP contribution is 2.30. The van der Waals surface area contributed by atoms with Crippen molar-refractivity contribution in [3.05, 3.63) is 23.4 Å².